The van der Waals surface area contributed by atoms with Gasteiger partial charge in [0.1, 0.15) is 0 Å². The van der Waals surface area contributed by atoms with E-state index >= 15 is 0 Å². The maximum atomic E-state index is 10.7. The van der Waals surface area contributed by atoms with Crippen molar-refractivity contribution >= 4 is 39.1 Å². The van der Waals surface area contributed by atoms with E-state index < -0.39 is 6.10 Å². The Morgan fingerprint density at radius 3 is 2.20 bits per heavy atom. The molecule has 2 rings (SSSR count). The van der Waals surface area contributed by atoms with Crippen LogP contribution in [0.1, 0.15) is 23.1 Å². The van der Waals surface area contributed by atoms with Crippen LogP contribution in [-0.2, 0) is 0 Å². The molecule has 2 aromatic rings. The van der Waals surface area contributed by atoms with Gasteiger partial charge in [0.05, 0.1) is 6.10 Å². The van der Waals surface area contributed by atoms with Gasteiger partial charge in [-0.15, -0.1) is 0 Å². The lowest BCUT2D eigenvalue weighted by Crippen LogP contribution is -2.21. The van der Waals surface area contributed by atoms with Crippen LogP contribution in [0.5, 0.6) is 0 Å². The summed E-state index contributed by atoms with van der Waals surface area (Å²) in [7, 11) is 0. The summed E-state index contributed by atoms with van der Waals surface area (Å²) in [6, 6.07) is 12.8. The van der Waals surface area contributed by atoms with Gasteiger partial charge in [-0.05, 0) is 23.8 Å². The molecule has 0 spiro atoms. The van der Waals surface area contributed by atoms with Gasteiger partial charge in [-0.25, -0.2) is 0 Å². The standard InChI is InChI=1S/C15H14BrCl2NO/c16-11-5-2-1-4-9(11)10(8-19)15(20)14-12(17)6-3-7-13(14)18/h1-7,10,15,20H,8,19H2. The average Bonchev–Trinajstić information content (AvgIpc) is 2.41. The highest BCUT2D eigenvalue weighted by molar-refractivity contribution is 9.10. The number of hydrogen-bond acceptors (Lipinski definition) is 2. The van der Waals surface area contributed by atoms with E-state index in [1.165, 1.54) is 0 Å². The molecule has 0 aliphatic carbocycles. The van der Waals surface area contributed by atoms with Crippen LogP contribution in [0.15, 0.2) is 46.9 Å². The first-order chi connectivity index (χ1) is 9.56. The monoisotopic (exact) mass is 373 g/mol. The van der Waals surface area contributed by atoms with Gasteiger partial charge in [0.25, 0.3) is 0 Å². The van der Waals surface area contributed by atoms with E-state index in [2.05, 4.69) is 15.9 Å². The van der Waals surface area contributed by atoms with Gasteiger partial charge in [-0.1, -0.05) is 63.4 Å². The van der Waals surface area contributed by atoms with E-state index in [4.69, 9.17) is 28.9 Å². The van der Waals surface area contributed by atoms with Crippen LogP contribution in [0.3, 0.4) is 0 Å². The van der Waals surface area contributed by atoms with Crippen LogP contribution in [0, 0.1) is 0 Å². The summed E-state index contributed by atoms with van der Waals surface area (Å²) in [4.78, 5) is 0. The van der Waals surface area contributed by atoms with Crippen molar-refractivity contribution < 1.29 is 5.11 Å². The van der Waals surface area contributed by atoms with Crippen LogP contribution >= 0.6 is 39.1 Å². The van der Waals surface area contributed by atoms with Crippen LogP contribution in [-0.4, -0.2) is 11.7 Å². The van der Waals surface area contributed by atoms with Crippen molar-refractivity contribution in [3.05, 3.63) is 68.1 Å². The molecule has 0 heterocycles. The lowest BCUT2D eigenvalue weighted by Gasteiger charge is -2.24. The second-order valence-electron chi connectivity index (χ2n) is 4.44. The smallest absolute Gasteiger partial charge is 0.0899 e. The molecule has 2 nitrogen and oxygen atoms in total. The van der Waals surface area contributed by atoms with Gasteiger partial charge in [0.15, 0.2) is 0 Å². The first-order valence-corrected chi connectivity index (χ1v) is 7.67. The molecular weight excluding hydrogens is 361 g/mol. The number of nitrogens with two attached hydrogens (primary N) is 1. The molecular formula is C15H14BrCl2NO. The van der Waals surface area contributed by atoms with Gasteiger partial charge >= 0.3 is 0 Å². The zero-order chi connectivity index (χ0) is 14.7. The van der Waals surface area contributed by atoms with Crippen molar-refractivity contribution in [2.45, 2.75) is 12.0 Å². The van der Waals surface area contributed by atoms with E-state index in [1.54, 1.807) is 18.2 Å². The highest BCUT2D eigenvalue weighted by atomic mass is 79.9. The molecule has 0 saturated heterocycles. The molecule has 0 aliphatic heterocycles. The number of hydrogen-bond donors (Lipinski definition) is 2. The van der Waals surface area contributed by atoms with E-state index in [1.807, 2.05) is 24.3 Å². The molecule has 0 saturated carbocycles. The molecule has 2 aromatic carbocycles. The molecule has 106 valence electrons. The lowest BCUT2D eigenvalue weighted by molar-refractivity contribution is 0.147. The molecule has 0 bridgehead atoms. The van der Waals surface area contributed by atoms with Crippen molar-refractivity contribution in [2.75, 3.05) is 6.54 Å². The minimum atomic E-state index is -0.861. The van der Waals surface area contributed by atoms with Crippen molar-refractivity contribution in [3.8, 4) is 0 Å². The largest absolute Gasteiger partial charge is 0.388 e. The summed E-state index contributed by atoms with van der Waals surface area (Å²) in [5.41, 5.74) is 7.29. The summed E-state index contributed by atoms with van der Waals surface area (Å²) >= 11 is 15.8. The van der Waals surface area contributed by atoms with Crippen molar-refractivity contribution in [1.29, 1.82) is 0 Å². The van der Waals surface area contributed by atoms with Crippen LogP contribution in [0.25, 0.3) is 0 Å². The molecule has 0 radical (unpaired) electrons. The minimum Gasteiger partial charge on any atom is -0.388 e. The van der Waals surface area contributed by atoms with Gasteiger partial charge in [0, 0.05) is 32.5 Å². The Morgan fingerprint density at radius 2 is 1.65 bits per heavy atom. The molecule has 2 unspecified atom stereocenters. The van der Waals surface area contributed by atoms with Gasteiger partial charge < -0.3 is 10.8 Å². The number of halogens is 3. The number of aliphatic hydroxyl groups is 1. The molecule has 0 fully saturated rings. The van der Waals surface area contributed by atoms with Crippen LogP contribution in [0.2, 0.25) is 10.0 Å². The molecule has 0 aliphatic rings. The summed E-state index contributed by atoms with van der Waals surface area (Å²) in [5.74, 6) is -0.289. The van der Waals surface area contributed by atoms with Crippen LogP contribution < -0.4 is 5.73 Å². The fraction of sp³-hybridized carbons (Fsp3) is 0.200. The highest BCUT2D eigenvalue weighted by Gasteiger charge is 2.26. The SMILES string of the molecule is NCC(c1ccccc1Br)C(O)c1c(Cl)cccc1Cl. The van der Waals surface area contributed by atoms with E-state index in [0.717, 1.165) is 10.0 Å². The molecule has 20 heavy (non-hydrogen) atoms. The van der Waals surface area contributed by atoms with Gasteiger partial charge in [-0.2, -0.15) is 0 Å². The fourth-order valence-corrected chi connectivity index (χ4v) is 3.40. The zero-order valence-electron chi connectivity index (χ0n) is 10.6. The van der Waals surface area contributed by atoms with Crippen molar-refractivity contribution in [2.24, 2.45) is 5.73 Å². The fourth-order valence-electron chi connectivity index (χ4n) is 2.20. The lowest BCUT2D eigenvalue weighted by atomic mass is 9.89. The third-order valence-corrected chi connectivity index (χ3v) is 4.62. The Morgan fingerprint density at radius 1 is 1.05 bits per heavy atom. The third-order valence-electron chi connectivity index (χ3n) is 3.24. The van der Waals surface area contributed by atoms with E-state index in [9.17, 15) is 5.11 Å². The predicted octanol–water partition coefficient (Wildman–Crippen LogP) is 4.53. The summed E-state index contributed by atoms with van der Waals surface area (Å²) in [6.45, 7) is 0.283. The molecule has 5 heteroatoms. The Hall–Kier alpha value is -0.580. The maximum Gasteiger partial charge on any atom is 0.0899 e. The highest BCUT2D eigenvalue weighted by Crippen LogP contribution is 2.39. The second kappa shape index (κ2) is 6.92. The predicted molar refractivity (Wildman–Crippen MR) is 87.4 cm³/mol. The molecule has 0 amide bonds. The normalized spacial score (nSPS) is 14.1. The quantitative estimate of drug-likeness (QED) is 0.825. The zero-order valence-corrected chi connectivity index (χ0v) is 13.7. The summed E-state index contributed by atoms with van der Waals surface area (Å²) in [6.07, 6.45) is -0.861. The number of benzene rings is 2. The maximum absolute atomic E-state index is 10.7. The first kappa shape index (κ1) is 15.8. The van der Waals surface area contributed by atoms with Crippen molar-refractivity contribution in [1.82, 2.24) is 0 Å². The number of rotatable bonds is 4. The summed E-state index contributed by atoms with van der Waals surface area (Å²) < 4.78 is 0.901. The van der Waals surface area contributed by atoms with Crippen molar-refractivity contribution in [3.63, 3.8) is 0 Å². The van der Waals surface area contributed by atoms with Gasteiger partial charge in [-0.3, -0.25) is 0 Å². The Balaban J connectivity index is 2.45. The number of aliphatic hydroxyl groups excluding tert-OH is 1. The second-order valence-corrected chi connectivity index (χ2v) is 6.11. The van der Waals surface area contributed by atoms with Crippen LogP contribution in [0.4, 0.5) is 0 Å². The molecule has 2 atom stereocenters. The van der Waals surface area contributed by atoms with E-state index in [-0.39, 0.29) is 12.5 Å². The minimum absolute atomic E-state index is 0.283. The summed E-state index contributed by atoms with van der Waals surface area (Å²) in [5, 5.41) is 11.5. The average molecular weight is 375 g/mol. The Bertz CT molecular complexity index is 586. The molecule has 3 N–H and O–H groups in total. The first-order valence-electron chi connectivity index (χ1n) is 6.12. The Labute approximate surface area is 136 Å². The van der Waals surface area contributed by atoms with Gasteiger partial charge in [0.2, 0.25) is 0 Å². The third kappa shape index (κ3) is 3.18. The topological polar surface area (TPSA) is 46.2 Å². The van der Waals surface area contributed by atoms with E-state index in [0.29, 0.717) is 15.6 Å². The molecule has 0 aromatic heterocycles. The Kier molecular flexibility index (Phi) is 5.47.